The van der Waals surface area contributed by atoms with Gasteiger partial charge in [0.05, 0.1) is 12.7 Å². The molecule has 2 amide bonds. The number of imide groups is 1. The number of likely N-dealkylation sites (tertiary alicyclic amines) is 1. The predicted molar refractivity (Wildman–Crippen MR) is 74.4 cm³/mol. The van der Waals surface area contributed by atoms with Crippen molar-refractivity contribution in [1.29, 1.82) is 0 Å². The highest BCUT2D eigenvalue weighted by atomic mass is 16.5. The number of fused-ring (bicyclic) bond motifs is 3. The van der Waals surface area contributed by atoms with Crippen molar-refractivity contribution in [3.05, 3.63) is 41.3 Å². The maximum Gasteiger partial charge on any atom is 0.325 e. The summed E-state index contributed by atoms with van der Waals surface area (Å²) in [6.45, 7) is -0.431. The number of ether oxygens (including phenoxy) is 2. The molecule has 0 radical (unpaired) electrons. The van der Waals surface area contributed by atoms with Crippen LogP contribution in [0, 0.1) is 0 Å². The molecule has 22 heavy (non-hydrogen) atoms. The number of amides is 2. The summed E-state index contributed by atoms with van der Waals surface area (Å²) in [5.41, 5.74) is 6.80. The fourth-order valence-electron chi connectivity index (χ4n) is 2.73. The molecular formula is C15H14N2O5. The molecule has 7 heteroatoms. The summed E-state index contributed by atoms with van der Waals surface area (Å²) in [5.74, 6) is -1.66. The molecule has 3 rings (SSSR count). The van der Waals surface area contributed by atoms with Gasteiger partial charge in [0.1, 0.15) is 12.3 Å². The molecular weight excluding hydrogens is 288 g/mol. The highest BCUT2D eigenvalue weighted by Gasteiger charge is 2.43. The molecule has 2 aliphatic heterocycles. The first-order valence-corrected chi connectivity index (χ1v) is 6.71. The summed E-state index contributed by atoms with van der Waals surface area (Å²) in [7, 11) is 1.19. The van der Waals surface area contributed by atoms with Crippen molar-refractivity contribution >= 4 is 17.8 Å². The van der Waals surface area contributed by atoms with Gasteiger partial charge in [-0.1, -0.05) is 18.2 Å². The van der Waals surface area contributed by atoms with Crippen LogP contribution in [0.2, 0.25) is 0 Å². The first-order chi connectivity index (χ1) is 10.5. The number of piperidine rings is 1. The lowest BCUT2D eigenvalue weighted by atomic mass is 9.82. The molecule has 0 aromatic heterocycles. The second-order valence-electron chi connectivity index (χ2n) is 5.04. The van der Waals surface area contributed by atoms with Gasteiger partial charge in [-0.25, -0.2) is 0 Å². The number of nitrogens with two attached hydrogens (primary N) is 1. The van der Waals surface area contributed by atoms with Crippen LogP contribution in [0.15, 0.2) is 35.7 Å². The number of esters is 1. The molecule has 1 aromatic rings. The minimum Gasteiger partial charge on any atom is -0.468 e. The van der Waals surface area contributed by atoms with Gasteiger partial charge in [-0.15, -0.1) is 0 Å². The maximum absolute atomic E-state index is 12.5. The Kier molecular flexibility index (Phi) is 3.32. The van der Waals surface area contributed by atoms with Crippen molar-refractivity contribution in [2.75, 3.05) is 13.7 Å². The van der Waals surface area contributed by atoms with Crippen LogP contribution in [0.5, 0.6) is 5.75 Å². The number of hydrogen-bond donors (Lipinski definition) is 1. The van der Waals surface area contributed by atoms with Gasteiger partial charge in [-0.2, -0.15) is 0 Å². The van der Waals surface area contributed by atoms with E-state index in [1.807, 2.05) is 0 Å². The van der Waals surface area contributed by atoms with E-state index < -0.39 is 30.2 Å². The summed E-state index contributed by atoms with van der Waals surface area (Å²) in [6, 6.07) is 7.11. The highest BCUT2D eigenvalue weighted by Crippen LogP contribution is 2.43. The summed E-state index contributed by atoms with van der Waals surface area (Å²) >= 11 is 0. The predicted octanol–water partition coefficient (Wildman–Crippen LogP) is 0.265. The number of hydrogen-bond acceptors (Lipinski definition) is 6. The normalized spacial score (nSPS) is 20.2. The van der Waals surface area contributed by atoms with Gasteiger partial charge in [0.15, 0.2) is 5.88 Å². The summed E-state index contributed by atoms with van der Waals surface area (Å²) in [5, 5.41) is 0. The molecule has 0 aliphatic carbocycles. The van der Waals surface area contributed by atoms with Crippen molar-refractivity contribution in [2.45, 2.75) is 12.3 Å². The Morgan fingerprint density at radius 3 is 2.86 bits per heavy atom. The van der Waals surface area contributed by atoms with Crippen LogP contribution in [-0.4, -0.2) is 36.3 Å². The fraction of sp³-hybridized carbons (Fsp3) is 0.267. The van der Waals surface area contributed by atoms with Crippen LogP contribution in [-0.2, 0) is 19.1 Å². The minimum absolute atomic E-state index is 0.0314. The van der Waals surface area contributed by atoms with E-state index >= 15 is 0 Å². The van der Waals surface area contributed by atoms with Crippen LogP contribution in [0.3, 0.4) is 0 Å². The number of rotatable bonds is 2. The first kappa shape index (κ1) is 14.1. The van der Waals surface area contributed by atoms with Gasteiger partial charge in [0.25, 0.3) is 5.91 Å². The van der Waals surface area contributed by atoms with Crippen LogP contribution in [0.4, 0.5) is 0 Å². The van der Waals surface area contributed by atoms with Gasteiger partial charge in [0, 0.05) is 17.9 Å². The standard InChI is InChI=1S/C15H14N2O5/c1-21-12(19)7-17-11(18)6-9-8-4-2-3-5-10(8)22-14(16)13(9)15(17)20/h2-5,9H,6-7,16H2,1H3. The molecule has 0 saturated carbocycles. The van der Waals surface area contributed by atoms with Crippen molar-refractivity contribution in [3.8, 4) is 5.75 Å². The molecule has 1 unspecified atom stereocenters. The van der Waals surface area contributed by atoms with Crippen LogP contribution in [0.1, 0.15) is 17.9 Å². The van der Waals surface area contributed by atoms with E-state index in [1.54, 1.807) is 24.3 Å². The number of carbonyl (C=O) groups is 3. The van der Waals surface area contributed by atoms with E-state index in [0.29, 0.717) is 5.75 Å². The zero-order valence-electron chi connectivity index (χ0n) is 11.9. The molecule has 0 spiro atoms. The third-order valence-corrected chi connectivity index (χ3v) is 3.80. The molecule has 2 heterocycles. The second kappa shape index (κ2) is 5.18. The van der Waals surface area contributed by atoms with Crippen molar-refractivity contribution in [1.82, 2.24) is 4.90 Å². The lowest BCUT2D eigenvalue weighted by Gasteiger charge is -2.35. The number of nitrogens with zero attached hydrogens (tertiary/aromatic N) is 1. The monoisotopic (exact) mass is 302 g/mol. The van der Waals surface area contributed by atoms with E-state index in [9.17, 15) is 14.4 Å². The molecule has 7 nitrogen and oxygen atoms in total. The Labute approximate surface area is 126 Å². The van der Waals surface area contributed by atoms with Crippen molar-refractivity contribution in [2.24, 2.45) is 5.73 Å². The van der Waals surface area contributed by atoms with E-state index in [4.69, 9.17) is 10.5 Å². The Morgan fingerprint density at radius 1 is 1.41 bits per heavy atom. The van der Waals surface area contributed by atoms with E-state index in [2.05, 4.69) is 4.74 Å². The lowest BCUT2D eigenvalue weighted by molar-refractivity contribution is -0.154. The Morgan fingerprint density at radius 2 is 2.14 bits per heavy atom. The minimum atomic E-state index is -0.670. The molecule has 1 saturated heterocycles. The quantitative estimate of drug-likeness (QED) is 0.621. The molecule has 2 aliphatic rings. The molecule has 1 aromatic carbocycles. The Hall–Kier alpha value is -2.83. The van der Waals surface area contributed by atoms with E-state index in [0.717, 1.165) is 10.5 Å². The SMILES string of the molecule is COC(=O)CN1C(=O)CC2C(=C(N)Oc3ccccc32)C1=O. The Bertz CT molecular complexity index is 710. The average molecular weight is 302 g/mol. The van der Waals surface area contributed by atoms with Gasteiger partial charge >= 0.3 is 5.97 Å². The molecule has 1 fully saturated rings. The molecule has 2 N–H and O–H groups in total. The van der Waals surface area contributed by atoms with Crippen LogP contribution >= 0.6 is 0 Å². The van der Waals surface area contributed by atoms with Crippen LogP contribution < -0.4 is 10.5 Å². The summed E-state index contributed by atoms with van der Waals surface area (Å²) in [6.07, 6.45) is 0.0547. The smallest absolute Gasteiger partial charge is 0.325 e. The molecule has 1 atom stereocenters. The first-order valence-electron chi connectivity index (χ1n) is 6.71. The van der Waals surface area contributed by atoms with Crippen molar-refractivity contribution in [3.63, 3.8) is 0 Å². The maximum atomic E-state index is 12.5. The zero-order chi connectivity index (χ0) is 15.9. The van der Waals surface area contributed by atoms with Gasteiger partial charge in [-0.3, -0.25) is 19.3 Å². The second-order valence-corrected chi connectivity index (χ2v) is 5.04. The summed E-state index contributed by atoms with van der Waals surface area (Å²) < 4.78 is 9.97. The number of methoxy groups -OCH3 is 1. The lowest BCUT2D eigenvalue weighted by Crippen LogP contribution is -2.48. The fourth-order valence-corrected chi connectivity index (χ4v) is 2.73. The topological polar surface area (TPSA) is 98.9 Å². The van der Waals surface area contributed by atoms with Gasteiger partial charge in [-0.05, 0) is 6.07 Å². The van der Waals surface area contributed by atoms with Gasteiger partial charge < -0.3 is 15.2 Å². The number of benzene rings is 1. The van der Waals surface area contributed by atoms with E-state index in [1.165, 1.54) is 7.11 Å². The third-order valence-electron chi connectivity index (χ3n) is 3.80. The highest BCUT2D eigenvalue weighted by molar-refractivity contribution is 6.10. The van der Waals surface area contributed by atoms with Crippen LogP contribution in [0.25, 0.3) is 0 Å². The van der Waals surface area contributed by atoms with E-state index in [-0.39, 0.29) is 17.9 Å². The largest absolute Gasteiger partial charge is 0.468 e. The summed E-state index contributed by atoms with van der Waals surface area (Å²) in [4.78, 5) is 37.0. The number of carbonyl (C=O) groups excluding carboxylic acids is 3. The Balaban J connectivity index is 1.99. The third kappa shape index (κ3) is 2.11. The average Bonchev–Trinajstić information content (AvgIpc) is 2.50. The molecule has 114 valence electrons. The van der Waals surface area contributed by atoms with Crippen molar-refractivity contribution < 1.29 is 23.9 Å². The zero-order valence-corrected chi connectivity index (χ0v) is 11.9. The van der Waals surface area contributed by atoms with Gasteiger partial charge in [0.2, 0.25) is 5.91 Å². The molecule has 0 bridgehead atoms. The number of para-hydroxylation sites is 1.